The SMILES string of the molecule is c1ccc(-c2ccc(-c3ccc4oc5cccc(-c6ccc7ccc(-c8nc(-c9ccccc9)nc(-c9ccc%10ccccc%10c9)n8)cc7c6)c5c4c3)cc2)cc1. The highest BCUT2D eigenvalue weighted by molar-refractivity contribution is 6.14. The minimum absolute atomic E-state index is 0.631. The van der Waals surface area contributed by atoms with E-state index in [2.05, 4.69) is 164 Å². The summed E-state index contributed by atoms with van der Waals surface area (Å²) in [7, 11) is 0. The summed E-state index contributed by atoms with van der Waals surface area (Å²) < 4.78 is 6.44. The van der Waals surface area contributed by atoms with Crippen molar-refractivity contribution >= 4 is 43.5 Å². The van der Waals surface area contributed by atoms with E-state index >= 15 is 0 Å². The van der Waals surface area contributed by atoms with Gasteiger partial charge in [-0.05, 0) is 91.3 Å². The van der Waals surface area contributed by atoms with E-state index in [1.165, 1.54) is 22.1 Å². The van der Waals surface area contributed by atoms with Crippen LogP contribution >= 0.6 is 0 Å². The van der Waals surface area contributed by atoms with Crippen LogP contribution in [-0.4, -0.2) is 15.0 Å². The van der Waals surface area contributed by atoms with Gasteiger partial charge in [-0.25, -0.2) is 15.0 Å². The molecule has 0 N–H and O–H groups in total. The highest BCUT2D eigenvalue weighted by Crippen LogP contribution is 2.40. The second-order valence-corrected chi connectivity index (χ2v) is 14.4. The van der Waals surface area contributed by atoms with Crippen molar-refractivity contribution in [1.82, 2.24) is 15.0 Å². The molecule has 2 aromatic heterocycles. The van der Waals surface area contributed by atoms with Gasteiger partial charge in [0.15, 0.2) is 17.5 Å². The smallest absolute Gasteiger partial charge is 0.164 e. The molecule has 266 valence electrons. The first kappa shape index (κ1) is 32.7. The van der Waals surface area contributed by atoms with Gasteiger partial charge in [-0.2, -0.15) is 0 Å². The first-order valence-electron chi connectivity index (χ1n) is 19.2. The largest absolute Gasteiger partial charge is 0.456 e. The number of fused-ring (bicyclic) bond motifs is 5. The Morgan fingerprint density at radius 1 is 0.281 bits per heavy atom. The standard InChI is InChI=1S/C53H33N3O/c1-3-10-34(11-4-1)36-18-20-37(21-19-36)41-28-29-48-47(33-41)50-46(16-9-17-49(50)57-48)42-25-22-38-24-27-44(32-45(38)31-42)53-55-51(39-13-5-2-6-14-39)54-52(56-53)43-26-23-35-12-7-8-15-40(35)30-43/h1-33H. The van der Waals surface area contributed by atoms with Crippen LogP contribution in [0, 0.1) is 0 Å². The Balaban J connectivity index is 1.00. The Bertz CT molecular complexity index is 3280. The maximum Gasteiger partial charge on any atom is 0.164 e. The van der Waals surface area contributed by atoms with Gasteiger partial charge in [0.1, 0.15) is 11.2 Å². The van der Waals surface area contributed by atoms with E-state index in [0.717, 1.165) is 71.5 Å². The molecule has 4 heteroatoms. The molecule has 0 saturated carbocycles. The number of rotatable bonds is 6. The number of hydrogen-bond acceptors (Lipinski definition) is 4. The Morgan fingerprint density at radius 3 is 1.47 bits per heavy atom. The maximum absolute atomic E-state index is 6.44. The Hall–Kier alpha value is -7.69. The number of aromatic nitrogens is 3. The molecule has 0 saturated heterocycles. The zero-order valence-corrected chi connectivity index (χ0v) is 30.8. The van der Waals surface area contributed by atoms with E-state index in [4.69, 9.17) is 19.4 Å². The lowest BCUT2D eigenvalue weighted by Gasteiger charge is -2.11. The molecule has 2 heterocycles. The third kappa shape index (κ3) is 6.01. The lowest BCUT2D eigenvalue weighted by molar-refractivity contribution is 0.669. The monoisotopic (exact) mass is 727 g/mol. The van der Waals surface area contributed by atoms with Gasteiger partial charge in [0.2, 0.25) is 0 Å². The topological polar surface area (TPSA) is 51.8 Å². The Labute approximate surface area is 329 Å². The molecular weight excluding hydrogens is 695 g/mol. The van der Waals surface area contributed by atoms with Gasteiger partial charge in [-0.1, -0.05) is 164 Å². The molecule has 11 rings (SSSR count). The van der Waals surface area contributed by atoms with Crippen LogP contribution in [0.4, 0.5) is 0 Å². The van der Waals surface area contributed by atoms with E-state index < -0.39 is 0 Å². The van der Waals surface area contributed by atoms with Crippen LogP contribution in [0.1, 0.15) is 0 Å². The molecule has 9 aromatic carbocycles. The van der Waals surface area contributed by atoms with Gasteiger partial charge >= 0.3 is 0 Å². The fourth-order valence-electron chi connectivity index (χ4n) is 7.96. The zero-order chi connectivity index (χ0) is 37.7. The van der Waals surface area contributed by atoms with Crippen molar-refractivity contribution in [1.29, 1.82) is 0 Å². The van der Waals surface area contributed by atoms with Crippen LogP contribution in [0.25, 0.3) is 111 Å². The van der Waals surface area contributed by atoms with Crippen molar-refractivity contribution in [3.63, 3.8) is 0 Å². The summed E-state index contributed by atoms with van der Waals surface area (Å²) in [6, 6.07) is 70.1. The lowest BCUT2D eigenvalue weighted by atomic mass is 9.95. The molecule has 0 atom stereocenters. The number of nitrogens with zero attached hydrogens (tertiary/aromatic N) is 3. The third-order valence-corrected chi connectivity index (χ3v) is 10.9. The molecule has 0 aliphatic rings. The number of benzene rings is 9. The summed E-state index contributed by atoms with van der Waals surface area (Å²) in [5, 5.41) is 6.76. The van der Waals surface area contributed by atoms with Crippen LogP contribution in [0.5, 0.6) is 0 Å². The van der Waals surface area contributed by atoms with Crippen LogP contribution in [0.15, 0.2) is 205 Å². The summed E-state index contributed by atoms with van der Waals surface area (Å²) in [4.78, 5) is 15.1. The van der Waals surface area contributed by atoms with E-state index in [9.17, 15) is 0 Å². The average Bonchev–Trinajstić information content (AvgIpc) is 3.67. The number of furan rings is 1. The van der Waals surface area contributed by atoms with Crippen LogP contribution in [-0.2, 0) is 0 Å². The van der Waals surface area contributed by atoms with Gasteiger partial charge in [-0.3, -0.25) is 0 Å². The average molecular weight is 728 g/mol. The van der Waals surface area contributed by atoms with E-state index in [1.807, 2.05) is 36.4 Å². The van der Waals surface area contributed by atoms with E-state index in [1.54, 1.807) is 0 Å². The molecule has 0 amide bonds. The van der Waals surface area contributed by atoms with Crippen LogP contribution in [0.2, 0.25) is 0 Å². The number of hydrogen-bond donors (Lipinski definition) is 0. The van der Waals surface area contributed by atoms with Crippen molar-refractivity contribution in [2.24, 2.45) is 0 Å². The van der Waals surface area contributed by atoms with Gasteiger partial charge in [0.05, 0.1) is 0 Å². The fraction of sp³-hybridized carbons (Fsp3) is 0. The molecule has 0 aliphatic carbocycles. The molecule has 4 nitrogen and oxygen atoms in total. The molecule has 0 radical (unpaired) electrons. The Kier molecular flexibility index (Phi) is 7.78. The summed E-state index contributed by atoms with van der Waals surface area (Å²) in [5.41, 5.74) is 11.5. The molecular formula is C53H33N3O. The highest BCUT2D eigenvalue weighted by atomic mass is 16.3. The van der Waals surface area contributed by atoms with E-state index in [0.29, 0.717) is 17.5 Å². The predicted molar refractivity (Wildman–Crippen MR) is 235 cm³/mol. The first-order chi connectivity index (χ1) is 28.2. The molecule has 11 aromatic rings. The van der Waals surface area contributed by atoms with Crippen molar-refractivity contribution in [3.05, 3.63) is 200 Å². The minimum Gasteiger partial charge on any atom is -0.456 e. The van der Waals surface area contributed by atoms with Crippen LogP contribution in [0.3, 0.4) is 0 Å². The van der Waals surface area contributed by atoms with E-state index in [-0.39, 0.29) is 0 Å². The quantitative estimate of drug-likeness (QED) is 0.171. The zero-order valence-electron chi connectivity index (χ0n) is 30.8. The van der Waals surface area contributed by atoms with Crippen molar-refractivity contribution in [2.45, 2.75) is 0 Å². The molecule has 0 fully saturated rings. The summed E-state index contributed by atoms with van der Waals surface area (Å²) in [5.74, 6) is 1.91. The van der Waals surface area contributed by atoms with Crippen molar-refractivity contribution in [3.8, 4) is 67.5 Å². The summed E-state index contributed by atoms with van der Waals surface area (Å²) >= 11 is 0. The third-order valence-electron chi connectivity index (χ3n) is 10.9. The molecule has 0 aliphatic heterocycles. The lowest BCUT2D eigenvalue weighted by Crippen LogP contribution is -2.00. The molecule has 0 unspecified atom stereocenters. The van der Waals surface area contributed by atoms with Crippen molar-refractivity contribution < 1.29 is 4.42 Å². The summed E-state index contributed by atoms with van der Waals surface area (Å²) in [6.45, 7) is 0. The van der Waals surface area contributed by atoms with Crippen LogP contribution < -0.4 is 0 Å². The van der Waals surface area contributed by atoms with Gasteiger partial charge in [0, 0.05) is 27.5 Å². The second kappa shape index (κ2) is 13.6. The van der Waals surface area contributed by atoms with Gasteiger partial charge < -0.3 is 4.42 Å². The molecule has 0 spiro atoms. The predicted octanol–water partition coefficient (Wildman–Crippen LogP) is 14.1. The van der Waals surface area contributed by atoms with Crippen molar-refractivity contribution in [2.75, 3.05) is 0 Å². The maximum atomic E-state index is 6.44. The Morgan fingerprint density at radius 2 is 0.772 bits per heavy atom. The van der Waals surface area contributed by atoms with Gasteiger partial charge in [-0.15, -0.1) is 0 Å². The normalized spacial score (nSPS) is 11.5. The summed E-state index contributed by atoms with van der Waals surface area (Å²) in [6.07, 6.45) is 0. The fourth-order valence-corrected chi connectivity index (χ4v) is 7.96. The highest BCUT2D eigenvalue weighted by Gasteiger charge is 2.16. The minimum atomic E-state index is 0.631. The second-order valence-electron chi connectivity index (χ2n) is 14.4. The molecule has 0 bridgehead atoms. The van der Waals surface area contributed by atoms with Gasteiger partial charge in [0.25, 0.3) is 0 Å². The first-order valence-corrected chi connectivity index (χ1v) is 19.2. The molecule has 57 heavy (non-hydrogen) atoms.